The van der Waals surface area contributed by atoms with Crippen molar-refractivity contribution >= 4 is 11.8 Å². The molecule has 1 aromatic carbocycles. The molecule has 4 atom stereocenters. The van der Waals surface area contributed by atoms with E-state index >= 15 is 0 Å². The minimum atomic E-state index is -5.02. The second-order valence-corrected chi connectivity index (χ2v) is 7.99. The molecule has 3 rings (SSSR count). The van der Waals surface area contributed by atoms with Crippen LogP contribution in [0, 0.1) is 11.8 Å². The molecule has 0 bridgehead atoms. The number of alkyl halides is 6. The minimum Gasteiger partial charge on any atom is -0.353 e. The Balaban J connectivity index is 1.77. The topological polar surface area (TPSA) is 58.2 Å². The molecule has 2 aliphatic rings. The summed E-state index contributed by atoms with van der Waals surface area (Å²) in [5, 5.41) is 5.44. The predicted molar refractivity (Wildman–Crippen MR) is 95.4 cm³/mol. The van der Waals surface area contributed by atoms with E-state index < -0.39 is 41.0 Å². The first kappa shape index (κ1) is 22.4. The summed E-state index contributed by atoms with van der Waals surface area (Å²) >= 11 is 0. The molecule has 4 unspecified atom stereocenters. The number of piperidine rings is 1. The molecule has 4 nitrogen and oxygen atoms in total. The molecule has 1 aliphatic heterocycles. The summed E-state index contributed by atoms with van der Waals surface area (Å²) in [6.45, 7) is 2.00. The lowest BCUT2D eigenvalue weighted by Crippen LogP contribution is -2.55. The van der Waals surface area contributed by atoms with E-state index in [-0.39, 0.29) is 29.9 Å². The predicted octanol–water partition coefficient (Wildman–Crippen LogP) is 4.54. The third-order valence-corrected chi connectivity index (χ3v) is 6.01. The Morgan fingerprint density at radius 3 is 2.20 bits per heavy atom. The molecule has 0 aromatic heterocycles. The summed E-state index contributed by atoms with van der Waals surface area (Å²) in [5.74, 6) is -0.587. The molecule has 2 fully saturated rings. The van der Waals surface area contributed by atoms with Crippen molar-refractivity contribution in [1.82, 2.24) is 10.6 Å². The molecule has 1 saturated heterocycles. The Labute approximate surface area is 169 Å². The molecular weight excluding hydrogens is 414 g/mol. The van der Waals surface area contributed by atoms with Crippen LogP contribution in [0.1, 0.15) is 60.5 Å². The zero-order valence-corrected chi connectivity index (χ0v) is 16.2. The molecule has 2 amide bonds. The molecule has 2 N–H and O–H groups in total. The second kappa shape index (κ2) is 8.11. The molecule has 1 aromatic rings. The maximum absolute atomic E-state index is 13.0. The number of hydrogen-bond donors (Lipinski definition) is 2. The van der Waals surface area contributed by atoms with E-state index in [1.54, 1.807) is 0 Å². The van der Waals surface area contributed by atoms with Crippen LogP contribution in [0.25, 0.3) is 0 Å². The Morgan fingerprint density at radius 1 is 1.07 bits per heavy atom. The van der Waals surface area contributed by atoms with Crippen molar-refractivity contribution in [3.63, 3.8) is 0 Å². The Morgan fingerprint density at radius 2 is 1.67 bits per heavy atom. The third kappa shape index (κ3) is 4.89. The van der Waals surface area contributed by atoms with Gasteiger partial charge in [-0.15, -0.1) is 0 Å². The van der Waals surface area contributed by atoms with E-state index in [0.29, 0.717) is 37.8 Å². The molecule has 1 aliphatic carbocycles. The molecule has 30 heavy (non-hydrogen) atoms. The van der Waals surface area contributed by atoms with E-state index in [9.17, 15) is 35.9 Å². The van der Waals surface area contributed by atoms with Gasteiger partial charge < -0.3 is 10.6 Å². The van der Waals surface area contributed by atoms with Gasteiger partial charge in [0.1, 0.15) is 0 Å². The Bertz CT molecular complexity index is 788. The van der Waals surface area contributed by atoms with Crippen molar-refractivity contribution in [3.8, 4) is 0 Å². The van der Waals surface area contributed by atoms with Crippen LogP contribution in [0.5, 0.6) is 0 Å². The Kier molecular flexibility index (Phi) is 6.06. The van der Waals surface area contributed by atoms with Crippen LogP contribution in [-0.2, 0) is 17.1 Å². The minimum absolute atomic E-state index is 0.00949. The number of fused-ring (bicyclic) bond motifs is 1. The first-order valence-electron chi connectivity index (χ1n) is 9.78. The summed E-state index contributed by atoms with van der Waals surface area (Å²) in [4.78, 5) is 24.4. The lowest BCUT2D eigenvalue weighted by atomic mass is 9.70. The quantitative estimate of drug-likeness (QED) is 0.684. The van der Waals surface area contributed by atoms with Crippen molar-refractivity contribution in [2.45, 2.75) is 63.5 Å². The largest absolute Gasteiger partial charge is 0.416 e. The van der Waals surface area contributed by atoms with E-state index in [1.807, 2.05) is 6.92 Å². The number of benzene rings is 1. The molecule has 1 heterocycles. The highest BCUT2D eigenvalue weighted by Crippen LogP contribution is 2.38. The van der Waals surface area contributed by atoms with Crippen LogP contribution >= 0.6 is 0 Å². The van der Waals surface area contributed by atoms with Crippen LogP contribution in [-0.4, -0.2) is 23.9 Å². The van der Waals surface area contributed by atoms with E-state index in [1.165, 1.54) is 0 Å². The SMILES string of the molecule is CCC1CC(=O)NC2CC(NC(=O)c3cc(C(F)(F)F)cc(C(F)(F)F)c3)CCC12. The zero-order chi connectivity index (χ0) is 22.3. The van der Waals surface area contributed by atoms with Crippen molar-refractivity contribution in [2.24, 2.45) is 11.8 Å². The maximum Gasteiger partial charge on any atom is 0.416 e. The zero-order valence-electron chi connectivity index (χ0n) is 16.2. The van der Waals surface area contributed by atoms with E-state index in [4.69, 9.17) is 0 Å². The van der Waals surface area contributed by atoms with Gasteiger partial charge in [0.15, 0.2) is 0 Å². The maximum atomic E-state index is 13.0. The lowest BCUT2D eigenvalue weighted by Gasteiger charge is -2.44. The number of carbonyl (C=O) groups excluding carboxylic acids is 2. The molecule has 166 valence electrons. The van der Waals surface area contributed by atoms with Gasteiger partial charge >= 0.3 is 12.4 Å². The molecule has 0 radical (unpaired) electrons. The number of hydrogen-bond acceptors (Lipinski definition) is 2. The van der Waals surface area contributed by atoms with Gasteiger partial charge in [0.05, 0.1) is 11.1 Å². The van der Waals surface area contributed by atoms with Crippen molar-refractivity contribution in [1.29, 1.82) is 0 Å². The summed E-state index contributed by atoms with van der Waals surface area (Å²) in [7, 11) is 0. The number of amides is 2. The van der Waals surface area contributed by atoms with Gasteiger partial charge in [0.25, 0.3) is 5.91 Å². The molecule has 10 heteroatoms. The molecule has 1 saturated carbocycles. The number of halogens is 6. The molecule has 0 spiro atoms. The van der Waals surface area contributed by atoms with Crippen LogP contribution in [0.2, 0.25) is 0 Å². The monoisotopic (exact) mass is 436 g/mol. The fraction of sp³-hybridized carbons (Fsp3) is 0.600. The highest BCUT2D eigenvalue weighted by Gasteiger charge is 2.41. The highest BCUT2D eigenvalue weighted by molar-refractivity contribution is 5.95. The van der Waals surface area contributed by atoms with Gasteiger partial charge in [-0.05, 0) is 49.3 Å². The third-order valence-electron chi connectivity index (χ3n) is 6.01. The lowest BCUT2D eigenvalue weighted by molar-refractivity contribution is -0.143. The number of carbonyl (C=O) groups is 2. The van der Waals surface area contributed by atoms with Crippen LogP contribution in [0.15, 0.2) is 18.2 Å². The number of rotatable bonds is 3. The van der Waals surface area contributed by atoms with Crippen LogP contribution in [0.3, 0.4) is 0 Å². The number of nitrogens with one attached hydrogen (secondary N) is 2. The van der Waals surface area contributed by atoms with Crippen molar-refractivity contribution < 1.29 is 35.9 Å². The van der Waals surface area contributed by atoms with Gasteiger partial charge in [-0.1, -0.05) is 13.3 Å². The van der Waals surface area contributed by atoms with Gasteiger partial charge in [-0.2, -0.15) is 26.3 Å². The average molecular weight is 436 g/mol. The van der Waals surface area contributed by atoms with Crippen molar-refractivity contribution in [3.05, 3.63) is 34.9 Å². The fourth-order valence-electron chi connectivity index (χ4n) is 4.51. The second-order valence-electron chi connectivity index (χ2n) is 7.99. The van der Waals surface area contributed by atoms with Gasteiger partial charge in [0, 0.05) is 24.1 Å². The van der Waals surface area contributed by atoms with Gasteiger partial charge in [-0.25, -0.2) is 0 Å². The fourth-order valence-corrected chi connectivity index (χ4v) is 4.51. The first-order valence-corrected chi connectivity index (χ1v) is 9.78. The summed E-state index contributed by atoms with van der Waals surface area (Å²) in [5.41, 5.74) is -3.76. The normalized spacial score (nSPS) is 27.2. The Hall–Kier alpha value is -2.26. The summed E-state index contributed by atoms with van der Waals surface area (Å²) in [6.07, 6.45) is -7.10. The smallest absolute Gasteiger partial charge is 0.353 e. The van der Waals surface area contributed by atoms with E-state index in [0.717, 1.165) is 6.42 Å². The van der Waals surface area contributed by atoms with Gasteiger partial charge in [0.2, 0.25) is 5.91 Å². The van der Waals surface area contributed by atoms with E-state index in [2.05, 4.69) is 10.6 Å². The average Bonchev–Trinajstić information content (AvgIpc) is 2.65. The van der Waals surface area contributed by atoms with Gasteiger partial charge in [-0.3, -0.25) is 9.59 Å². The first-order chi connectivity index (χ1) is 13.9. The summed E-state index contributed by atoms with van der Waals surface area (Å²) < 4.78 is 78.1. The van der Waals surface area contributed by atoms with Crippen LogP contribution in [0.4, 0.5) is 26.3 Å². The highest BCUT2D eigenvalue weighted by atomic mass is 19.4. The standard InChI is InChI=1S/C20H22F6N2O2/c1-2-10-7-17(29)28-16-9-14(3-4-15(10)16)27-18(30)11-5-12(19(21,22)23)8-13(6-11)20(24,25)26/h5-6,8,10,14-16H,2-4,7,9H2,1H3,(H,27,30)(H,28,29). The summed E-state index contributed by atoms with van der Waals surface area (Å²) in [6, 6.07) is 0.225. The molecular formula is C20H22F6N2O2. The van der Waals surface area contributed by atoms with Crippen LogP contribution < -0.4 is 10.6 Å². The van der Waals surface area contributed by atoms with Crippen molar-refractivity contribution in [2.75, 3.05) is 0 Å².